The molecule has 0 aliphatic rings. The summed E-state index contributed by atoms with van der Waals surface area (Å²) in [5, 5.41) is 0. The maximum atomic E-state index is 11.8. The zero-order chi connectivity index (χ0) is 12.8. The number of rotatable bonds is 6. The molecular weight excluding hydrogens is 248 g/mol. The van der Waals surface area contributed by atoms with Gasteiger partial charge in [0, 0.05) is 24.0 Å². The van der Waals surface area contributed by atoms with E-state index in [1.807, 2.05) is 32.9 Å². The first-order chi connectivity index (χ1) is 8.08. The highest BCUT2D eigenvalue weighted by atomic mass is 16.1. The Labute approximate surface area is 125 Å². The summed E-state index contributed by atoms with van der Waals surface area (Å²) in [6.07, 6.45) is 2.77. The number of aryl methyl sites for hydroxylation is 1. The number of carbonyl (C=O) groups excluding carboxylic acids is 2. The van der Waals surface area contributed by atoms with Crippen molar-refractivity contribution >= 4 is 11.6 Å². The number of Topliss-reactive ketones (excluding diaryl/α,β-unsaturated/α-hetero) is 2. The molecule has 0 saturated heterocycles. The molecule has 0 radical (unpaired) electrons. The van der Waals surface area contributed by atoms with E-state index in [4.69, 9.17) is 0 Å². The van der Waals surface area contributed by atoms with E-state index < -0.39 is 0 Å². The minimum atomic E-state index is 0. The molecule has 1 rings (SSSR count). The van der Waals surface area contributed by atoms with E-state index in [2.05, 4.69) is 0 Å². The molecule has 0 atom stereocenters. The highest BCUT2D eigenvalue weighted by Crippen LogP contribution is 2.14. The molecule has 0 amide bonds. The Morgan fingerprint density at radius 2 is 1.15 bits per heavy atom. The Hall–Kier alpha value is -1.44. The van der Waals surface area contributed by atoms with Crippen molar-refractivity contribution < 1.29 is 9.59 Å². The third kappa shape index (κ3) is 6.65. The van der Waals surface area contributed by atoms with Gasteiger partial charge >= 0.3 is 0 Å². The second kappa shape index (κ2) is 11.4. The van der Waals surface area contributed by atoms with Crippen LogP contribution in [0.5, 0.6) is 0 Å². The fourth-order valence-electron chi connectivity index (χ4n) is 1.85. The van der Waals surface area contributed by atoms with Crippen molar-refractivity contribution in [3.8, 4) is 0 Å². The Kier molecular flexibility index (Phi) is 13.5. The van der Waals surface area contributed by atoms with Gasteiger partial charge in [0.1, 0.15) is 0 Å². The topological polar surface area (TPSA) is 34.1 Å². The van der Waals surface area contributed by atoms with E-state index in [-0.39, 0.29) is 33.8 Å². The first-order valence-corrected chi connectivity index (χ1v) is 6.26. The van der Waals surface area contributed by atoms with Crippen molar-refractivity contribution in [1.29, 1.82) is 0 Å². The molecule has 0 aliphatic heterocycles. The molecule has 0 aliphatic carbocycles. The molecule has 20 heavy (non-hydrogen) atoms. The molecule has 1 aromatic rings. The largest absolute Gasteiger partial charge is 0.294 e. The van der Waals surface area contributed by atoms with Crippen molar-refractivity contribution in [1.82, 2.24) is 0 Å². The van der Waals surface area contributed by atoms with Crippen LogP contribution in [0.25, 0.3) is 0 Å². The average Bonchev–Trinajstić information content (AvgIpc) is 2.29. The van der Waals surface area contributed by atoms with Crippen molar-refractivity contribution in [3.63, 3.8) is 0 Å². The summed E-state index contributed by atoms with van der Waals surface area (Å²) in [4.78, 5) is 23.6. The molecule has 116 valence electrons. The fourth-order valence-corrected chi connectivity index (χ4v) is 1.85. The molecule has 2 heteroatoms. The van der Waals surface area contributed by atoms with E-state index in [1.54, 1.807) is 6.07 Å². The fraction of sp³-hybridized carbons (Fsp3) is 0.556. The lowest BCUT2D eigenvalue weighted by atomic mass is 9.98. The first kappa shape index (κ1) is 23.6. The number of hydrogen-bond acceptors (Lipinski definition) is 2. The predicted octanol–water partition coefficient (Wildman–Crippen LogP) is 5.87. The van der Waals surface area contributed by atoms with Crippen LogP contribution in [-0.2, 0) is 0 Å². The standard InChI is InChI=1S/C15H20O2.3CH4/c1-4-6-14(16)12-8-11(3)9-13(10-12)15(17)7-5-2;;;/h8-10H,4-7H2,1-3H3;3*1H4. The summed E-state index contributed by atoms with van der Waals surface area (Å²) < 4.78 is 0. The summed E-state index contributed by atoms with van der Waals surface area (Å²) in [5.74, 6) is 0.253. The van der Waals surface area contributed by atoms with Gasteiger partial charge in [0.2, 0.25) is 0 Å². The summed E-state index contributed by atoms with van der Waals surface area (Å²) in [5.41, 5.74) is 2.32. The monoisotopic (exact) mass is 280 g/mol. The van der Waals surface area contributed by atoms with Gasteiger partial charge < -0.3 is 0 Å². The molecule has 0 spiro atoms. The van der Waals surface area contributed by atoms with Crippen molar-refractivity contribution in [2.45, 2.75) is 68.7 Å². The Bertz CT molecular complexity index is 383. The molecular formula is C18H32O2. The number of benzene rings is 1. The molecule has 0 N–H and O–H groups in total. The highest BCUT2D eigenvalue weighted by Gasteiger charge is 2.10. The maximum absolute atomic E-state index is 11.8. The van der Waals surface area contributed by atoms with Crippen LogP contribution in [0.1, 0.15) is 88.1 Å². The van der Waals surface area contributed by atoms with Crippen LogP contribution in [0.4, 0.5) is 0 Å². The normalized spacial score (nSPS) is 8.75. The third-order valence-corrected chi connectivity index (χ3v) is 2.68. The Morgan fingerprint density at radius 1 is 0.800 bits per heavy atom. The van der Waals surface area contributed by atoms with Crippen LogP contribution >= 0.6 is 0 Å². The SMILES string of the molecule is C.C.C.CCCC(=O)c1cc(C)cc(C(=O)CCC)c1. The van der Waals surface area contributed by atoms with Crippen LogP contribution < -0.4 is 0 Å². The van der Waals surface area contributed by atoms with E-state index in [0.717, 1.165) is 18.4 Å². The average molecular weight is 280 g/mol. The van der Waals surface area contributed by atoms with E-state index >= 15 is 0 Å². The van der Waals surface area contributed by atoms with Crippen LogP contribution in [0.15, 0.2) is 18.2 Å². The second-order valence-electron chi connectivity index (χ2n) is 4.43. The van der Waals surface area contributed by atoms with Gasteiger partial charge in [-0.3, -0.25) is 9.59 Å². The van der Waals surface area contributed by atoms with E-state index in [0.29, 0.717) is 24.0 Å². The number of hydrogen-bond donors (Lipinski definition) is 0. The lowest BCUT2D eigenvalue weighted by Crippen LogP contribution is -2.04. The molecule has 0 heterocycles. The van der Waals surface area contributed by atoms with Gasteiger partial charge in [-0.2, -0.15) is 0 Å². The van der Waals surface area contributed by atoms with Crippen molar-refractivity contribution in [3.05, 3.63) is 34.9 Å². The predicted molar refractivity (Wildman–Crippen MR) is 89.8 cm³/mol. The highest BCUT2D eigenvalue weighted by molar-refractivity contribution is 6.01. The van der Waals surface area contributed by atoms with Gasteiger partial charge in [0.05, 0.1) is 0 Å². The lowest BCUT2D eigenvalue weighted by Gasteiger charge is -2.05. The summed E-state index contributed by atoms with van der Waals surface area (Å²) >= 11 is 0. The minimum Gasteiger partial charge on any atom is -0.294 e. The van der Waals surface area contributed by atoms with Crippen molar-refractivity contribution in [2.75, 3.05) is 0 Å². The molecule has 2 nitrogen and oxygen atoms in total. The Balaban J connectivity index is -0.000000963. The van der Waals surface area contributed by atoms with Crippen molar-refractivity contribution in [2.24, 2.45) is 0 Å². The molecule has 0 aromatic heterocycles. The maximum Gasteiger partial charge on any atom is 0.162 e. The van der Waals surface area contributed by atoms with E-state index in [1.165, 1.54) is 0 Å². The molecule has 1 aromatic carbocycles. The summed E-state index contributed by atoms with van der Waals surface area (Å²) in [6.45, 7) is 5.89. The van der Waals surface area contributed by atoms with Gasteiger partial charge in [-0.1, -0.05) is 36.1 Å². The molecule has 0 fully saturated rings. The minimum absolute atomic E-state index is 0. The quantitative estimate of drug-likeness (QED) is 0.611. The second-order valence-corrected chi connectivity index (χ2v) is 4.43. The smallest absolute Gasteiger partial charge is 0.162 e. The lowest BCUT2D eigenvalue weighted by molar-refractivity contribution is 0.0981. The first-order valence-electron chi connectivity index (χ1n) is 6.26. The zero-order valence-corrected chi connectivity index (χ0v) is 10.9. The van der Waals surface area contributed by atoms with Gasteiger partial charge in [-0.05, 0) is 43.5 Å². The molecule has 0 unspecified atom stereocenters. The van der Waals surface area contributed by atoms with Crippen LogP contribution in [0, 0.1) is 6.92 Å². The van der Waals surface area contributed by atoms with Gasteiger partial charge in [-0.25, -0.2) is 0 Å². The van der Waals surface area contributed by atoms with Gasteiger partial charge in [-0.15, -0.1) is 0 Å². The third-order valence-electron chi connectivity index (χ3n) is 2.68. The zero-order valence-electron chi connectivity index (χ0n) is 10.9. The van der Waals surface area contributed by atoms with Crippen LogP contribution in [0.3, 0.4) is 0 Å². The van der Waals surface area contributed by atoms with Crippen LogP contribution in [-0.4, -0.2) is 11.6 Å². The molecule has 0 saturated carbocycles. The van der Waals surface area contributed by atoms with E-state index in [9.17, 15) is 9.59 Å². The van der Waals surface area contributed by atoms with Gasteiger partial charge in [0.15, 0.2) is 11.6 Å². The van der Waals surface area contributed by atoms with Gasteiger partial charge in [0.25, 0.3) is 0 Å². The number of ketones is 2. The number of carbonyl (C=O) groups is 2. The van der Waals surface area contributed by atoms with Crippen LogP contribution in [0.2, 0.25) is 0 Å². The summed E-state index contributed by atoms with van der Waals surface area (Å²) in [7, 11) is 0. The molecule has 0 bridgehead atoms. The summed E-state index contributed by atoms with van der Waals surface area (Å²) in [6, 6.07) is 5.46. The Morgan fingerprint density at radius 3 is 1.45 bits per heavy atom.